The molecule has 5 saturated heterocycles. The maximum absolute atomic E-state index is 15.4. The number of amides is 5. The minimum atomic E-state index is -1.08. The molecular weight excluding hydrogens is 557 g/mol. The quantitative estimate of drug-likeness (QED) is 0.469. The number of hydrogen-bond acceptors (Lipinski definition) is 9. The number of hydrogen-bond donors (Lipinski definition) is 2. The van der Waals surface area contributed by atoms with Gasteiger partial charge in [-0.25, -0.2) is 9.37 Å². The number of piperidine rings is 3. The Bertz CT molecular complexity index is 1530. The summed E-state index contributed by atoms with van der Waals surface area (Å²) >= 11 is 0. The number of rotatable bonds is 6. The number of pyridine rings is 1. The second-order valence-electron chi connectivity index (χ2n) is 12.2. The predicted octanol–water partition coefficient (Wildman–Crippen LogP) is 0.900. The Labute approximate surface area is 247 Å². The molecule has 3 unspecified atom stereocenters. The second kappa shape index (κ2) is 10.4. The van der Waals surface area contributed by atoms with Crippen LogP contribution in [-0.4, -0.2) is 95.2 Å². The molecule has 12 nitrogen and oxygen atoms in total. The van der Waals surface area contributed by atoms with Gasteiger partial charge in [0.1, 0.15) is 17.7 Å². The molecule has 7 heterocycles. The number of aromatic nitrogens is 1. The fraction of sp³-hybridized carbons (Fsp3) is 0.467. The average Bonchev–Trinajstić information content (AvgIpc) is 3.22. The molecule has 224 valence electrons. The van der Waals surface area contributed by atoms with Crippen LogP contribution in [-0.2, 0) is 9.59 Å². The van der Waals surface area contributed by atoms with Crippen molar-refractivity contribution in [3.8, 4) is 0 Å². The third kappa shape index (κ3) is 4.71. The lowest BCUT2D eigenvalue weighted by molar-refractivity contribution is -0.136. The van der Waals surface area contributed by atoms with E-state index in [0.717, 1.165) is 68.8 Å². The molecule has 8 rings (SSSR count). The van der Waals surface area contributed by atoms with Crippen molar-refractivity contribution in [3.63, 3.8) is 0 Å². The lowest BCUT2D eigenvalue weighted by atomic mass is 9.85. The number of piperazine rings is 1. The lowest BCUT2D eigenvalue weighted by Crippen LogP contribution is -2.69. The van der Waals surface area contributed by atoms with Crippen LogP contribution in [0.5, 0.6) is 0 Å². The highest BCUT2D eigenvalue weighted by Crippen LogP contribution is 2.41. The SMILES string of the molecule is NC(=O)c1ccc(N2CCC(CN3CC4CC(C3)N4c3cc4c(cc3F)C(=O)N(C3CCC(=O)NC3=O)C4=O)CC2)nc1. The molecule has 0 saturated carbocycles. The summed E-state index contributed by atoms with van der Waals surface area (Å²) in [7, 11) is 0. The fourth-order valence-corrected chi connectivity index (χ4v) is 7.34. The van der Waals surface area contributed by atoms with E-state index in [1.165, 1.54) is 12.3 Å². The first-order valence-electron chi connectivity index (χ1n) is 14.7. The molecule has 3 atom stereocenters. The van der Waals surface area contributed by atoms with Crippen LogP contribution in [0.25, 0.3) is 0 Å². The average molecular weight is 590 g/mol. The third-order valence-electron chi connectivity index (χ3n) is 9.54. The molecule has 13 heteroatoms. The zero-order chi connectivity index (χ0) is 30.0. The van der Waals surface area contributed by atoms with Crippen molar-refractivity contribution in [1.29, 1.82) is 0 Å². The van der Waals surface area contributed by atoms with Gasteiger partial charge in [-0.1, -0.05) is 0 Å². The van der Waals surface area contributed by atoms with Gasteiger partial charge in [-0.2, -0.15) is 0 Å². The van der Waals surface area contributed by atoms with E-state index in [1.54, 1.807) is 6.07 Å². The van der Waals surface area contributed by atoms with Gasteiger partial charge < -0.3 is 15.5 Å². The van der Waals surface area contributed by atoms with Crippen molar-refractivity contribution < 1.29 is 28.4 Å². The van der Waals surface area contributed by atoms with E-state index >= 15 is 4.39 Å². The first-order chi connectivity index (χ1) is 20.7. The van der Waals surface area contributed by atoms with E-state index in [2.05, 4.69) is 20.1 Å². The molecule has 6 aliphatic rings. The molecular formula is C30H32FN7O5. The standard InChI is InChI=1S/C30H32FN7O5/c31-22-10-20-21(30(43)38(29(20)42)23-2-4-26(39)34-28(23)41)11-24(22)37-18-9-19(37)15-35(14-18)13-16-5-7-36(8-6-16)25-3-1-17(12-33-25)27(32)40/h1,3,10-12,16,18-19,23H,2,4-9,13-15H2,(H2,32,40)(H,34,39,41). The Morgan fingerprint density at radius 1 is 1.00 bits per heavy atom. The van der Waals surface area contributed by atoms with Gasteiger partial charge in [-0.15, -0.1) is 0 Å². The molecule has 6 aliphatic heterocycles. The van der Waals surface area contributed by atoms with Gasteiger partial charge in [-0.05, 0) is 55.9 Å². The van der Waals surface area contributed by atoms with Crippen LogP contribution < -0.4 is 20.9 Å². The summed E-state index contributed by atoms with van der Waals surface area (Å²) in [6, 6.07) is 5.25. The highest BCUT2D eigenvalue weighted by Gasteiger charge is 2.49. The second-order valence-corrected chi connectivity index (χ2v) is 12.2. The maximum Gasteiger partial charge on any atom is 0.262 e. The van der Waals surface area contributed by atoms with Crippen LogP contribution in [0, 0.1) is 11.7 Å². The Hall–Kier alpha value is -4.39. The van der Waals surface area contributed by atoms with Crippen LogP contribution in [0.3, 0.4) is 0 Å². The van der Waals surface area contributed by atoms with Gasteiger partial charge in [0.15, 0.2) is 0 Å². The van der Waals surface area contributed by atoms with Crippen LogP contribution >= 0.6 is 0 Å². The summed E-state index contributed by atoms with van der Waals surface area (Å²) < 4.78 is 15.4. The third-order valence-corrected chi connectivity index (χ3v) is 9.54. The van der Waals surface area contributed by atoms with Gasteiger partial charge in [0, 0.05) is 57.4 Å². The topological polar surface area (TPSA) is 149 Å². The molecule has 43 heavy (non-hydrogen) atoms. The van der Waals surface area contributed by atoms with Gasteiger partial charge in [0.05, 0.1) is 22.4 Å². The molecule has 5 fully saturated rings. The van der Waals surface area contributed by atoms with Crippen LogP contribution in [0.2, 0.25) is 0 Å². The Balaban J connectivity index is 0.974. The smallest absolute Gasteiger partial charge is 0.262 e. The number of nitrogens with two attached hydrogens (primary N) is 1. The fourth-order valence-electron chi connectivity index (χ4n) is 7.34. The van der Waals surface area contributed by atoms with Gasteiger partial charge in [-0.3, -0.25) is 39.1 Å². The number of carbonyl (C=O) groups is 5. The van der Waals surface area contributed by atoms with E-state index in [1.807, 2.05) is 11.0 Å². The van der Waals surface area contributed by atoms with Gasteiger partial charge in [0.25, 0.3) is 11.8 Å². The molecule has 0 spiro atoms. The molecule has 1 aromatic heterocycles. The molecule has 5 amide bonds. The number of anilines is 2. The number of primary amides is 1. The maximum atomic E-state index is 15.4. The largest absolute Gasteiger partial charge is 0.366 e. The number of fused-ring (bicyclic) bond motifs is 3. The Kier molecular flexibility index (Phi) is 6.64. The van der Waals surface area contributed by atoms with Gasteiger partial charge in [0.2, 0.25) is 17.7 Å². The summed E-state index contributed by atoms with van der Waals surface area (Å²) in [6.45, 7) is 4.30. The van der Waals surface area contributed by atoms with Crippen molar-refractivity contribution >= 4 is 41.0 Å². The van der Waals surface area contributed by atoms with E-state index < -0.39 is 41.4 Å². The van der Waals surface area contributed by atoms with E-state index in [4.69, 9.17) is 5.73 Å². The first kappa shape index (κ1) is 27.4. The van der Waals surface area contributed by atoms with Crippen LogP contribution in [0.4, 0.5) is 15.9 Å². The van der Waals surface area contributed by atoms with E-state index in [0.29, 0.717) is 17.2 Å². The highest BCUT2D eigenvalue weighted by molar-refractivity contribution is 6.23. The van der Waals surface area contributed by atoms with Crippen molar-refractivity contribution in [3.05, 3.63) is 53.0 Å². The summed E-state index contributed by atoms with van der Waals surface area (Å²) in [5, 5.41) is 2.18. The normalized spacial score (nSPS) is 26.0. The Morgan fingerprint density at radius 2 is 1.70 bits per heavy atom. The molecule has 0 aliphatic carbocycles. The minimum Gasteiger partial charge on any atom is -0.366 e. The lowest BCUT2D eigenvalue weighted by Gasteiger charge is -2.58. The summed E-state index contributed by atoms with van der Waals surface area (Å²) in [5.74, 6) is -2.15. The van der Waals surface area contributed by atoms with Crippen molar-refractivity contribution in [2.75, 3.05) is 42.5 Å². The molecule has 3 N–H and O–H groups in total. The monoisotopic (exact) mass is 589 g/mol. The van der Waals surface area contributed by atoms with Crippen molar-refractivity contribution in [2.24, 2.45) is 11.7 Å². The summed E-state index contributed by atoms with van der Waals surface area (Å²) in [6.07, 6.45) is 4.58. The summed E-state index contributed by atoms with van der Waals surface area (Å²) in [4.78, 5) is 73.5. The van der Waals surface area contributed by atoms with E-state index in [-0.39, 0.29) is 36.1 Å². The van der Waals surface area contributed by atoms with E-state index in [9.17, 15) is 24.0 Å². The Morgan fingerprint density at radius 3 is 2.33 bits per heavy atom. The minimum absolute atomic E-state index is 0.0274. The molecule has 2 bridgehead atoms. The zero-order valence-corrected chi connectivity index (χ0v) is 23.5. The van der Waals surface area contributed by atoms with Gasteiger partial charge >= 0.3 is 0 Å². The number of carbonyl (C=O) groups excluding carboxylic acids is 5. The first-order valence-corrected chi connectivity index (χ1v) is 14.7. The number of nitrogens with one attached hydrogen (secondary N) is 1. The predicted molar refractivity (Wildman–Crippen MR) is 152 cm³/mol. The highest BCUT2D eigenvalue weighted by atomic mass is 19.1. The number of benzene rings is 1. The van der Waals surface area contributed by atoms with Crippen LogP contribution in [0.1, 0.15) is 63.2 Å². The molecule has 2 aromatic rings. The number of nitrogens with zero attached hydrogens (tertiary/aromatic N) is 5. The number of halogens is 1. The van der Waals surface area contributed by atoms with Crippen molar-refractivity contribution in [2.45, 2.75) is 50.2 Å². The summed E-state index contributed by atoms with van der Waals surface area (Å²) in [5.41, 5.74) is 6.07. The zero-order valence-electron chi connectivity index (χ0n) is 23.5. The van der Waals surface area contributed by atoms with Crippen LogP contribution in [0.15, 0.2) is 30.5 Å². The molecule has 0 radical (unpaired) electrons. The van der Waals surface area contributed by atoms with Crippen molar-refractivity contribution in [1.82, 2.24) is 20.1 Å². The molecule has 1 aromatic carbocycles. The number of imide groups is 2.